The molecule has 0 saturated heterocycles. The standard InChI is InChI=1S/C14H24/c1-5-8-10-12-14(11-9-6-2)13(4)7-3/h6-7,9,11H,5,8,10,12H2,1-4H3/b9-6-,13-7-,14-11-. The van der Waals surface area contributed by atoms with Crippen molar-refractivity contribution in [3.63, 3.8) is 0 Å². The fourth-order valence-electron chi connectivity index (χ4n) is 1.38. The van der Waals surface area contributed by atoms with Gasteiger partial charge in [-0.25, -0.2) is 0 Å². The van der Waals surface area contributed by atoms with E-state index in [0.29, 0.717) is 0 Å². The van der Waals surface area contributed by atoms with Crippen LogP contribution in [0.1, 0.15) is 53.4 Å². The molecule has 0 unspecified atom stereocenters. The van der Waals surface area contributed by atoms with Crippen LogP contribution in [0.5, 0.6) is 0 Å². The van der Waals surface area contributed by atoms with Crippen molar-refractivity contribution in [1.29, 1.82) is 0 Å². The van der Waals surface area contributed by atoms with Crippen LogP contribution in [0.25, 0.3) is 0 Å². The van der Waals surface area contributed by atoms with E-state index in [1.807, 2.05) is 0 Å². The molecular weight excluding hydrogens is 168 g/mol. The van der Waals surface area contributed by atoms with Gasteiger partial charge in [0.05, 0.1) is 0 Å². The molecular formula is C14H24. The summed E-state index contributed by atoms with van der Waals surface area (Å²) < 4.78 is 0. The van der Waals surface area contributed by atoms with Gasteiger partial charge in [0.1, 0.15) is 0 Å². The molecule has 0 aromatic rings. The summed E-state index contributed by atoms with van der Waals surface area (Å²) in [5.74, 6) is 0. The molecule has 0 heterocycles. The third kappa shape index (κ3) is 5.80. The highest BCUT2D eigenvalue weighted by molar-refractivity contribution is 5.31. The summed E-state index contributed by atoms with van der Waals surface area (Å²) in [5, 5.41) is 0. The summed E-state index contributed by atoms with van der Waals surface area (Å²) >= 11 is 0. The second-order valence-corrected chi connectivity index (χ2v) is 3.65. The maximum absolute atomic E-state index is 2.25. The Morgan fingerprint density at radius 3 is 2.36 bits per heavy atom. The zero-order valence-corrected chi connectivity index (χ0v) is 10.1. The summed E-state index contributed by atoms with van der Waals surface area (Å²) in [4.78, 5) is 0. The van der Waals surface area contributed by atoms with Gasteiger partial charge in [-0.1, -0.05) is 49.6 Å². The van der Waals surface area contributed by atoms with Gasteiger partial charge in [-0.15, -0.1) is 0 Å². The minimum Gasteiger partial charge on any atom is -0.0877 e. The highest BCUT2D eigenvalue weighted by atomic mass is 14.0. The first-order valence-electron chi connectivity index (χ1n) is 5.71. The van der Waals surface area contributed by atoms with Crippen molar-refractivity contribution < 1.29 is 0 Å². The molecule has 0 heteroatoms. The van der Waals surface area contributed by atoms with Crippen LogP contribution in [0.4, 0.5) is 0 Å². The number of unbranched alkanes of at least 4 members (excludes halogenated alkanes) is 2. The number of rotatable bonds is 6. The molecule has 0 atom stereocenters. The van der Waals surface area contributed by atoms with E-state index in [4.69, 9.17) is 0 Å². The van der Waals surface area contributed by atoms with E-state index in [0.717, 1.165) is 0 Å². The molecule has 0 spiro atoms. The first kappa shape index (κ1) is 13.2. The zero-order chi connectivity index (χ0) is 10.8. The first-order valence-corrected chi connectivity index (χ1v) is 5.71. The fourth-order valence-corrected chi connectivity index (χ4v) is 1.38. The minimum absolute atomic E-state index is 1.22. The average molecular weight is 192 g/mol. The van der Waals surface area contributed by atoms with E-state index in [9.17, 15) is 0 Å². The summed E-state index contributed by atoms with van der Waals surface area (Å²) in [6, 6.07) is 0. The van der Waals surface area contributed by atoms with Crippen LogP contribution in [0.2, 0.25) is 0 Å². The van der Waals surface area contributed by atoms with Crippen molar-refractivity contribution in [2.75, 3.05) is 0 Å². The lowest BCUT2D eigenvalue weighted by Crippen LogP contribution is -1.86. The van der Waals surface area contributed by atoms with Crippen molar-refractivity contribution in [2.45, 2.75) is 53.4 Å². The highest BCUT2D eigenvalue weighted by Gasteiger charge is 1.97. The van der Waals surface area contributed by atoms with E-state index >= 15 is 0 Å². The van der Waals surface area contributed by atoms with Crippen molar-refractivity contribution in [3.05, 3.63) is 35.5 Å². The number of hydrogen-bond acceptors (Lipinski definition) is 0. The molecule has 0 N–H and O–H groups in total. The van der Waals surface area contributed by atoms with Gasteiger partial charge in [0, 0.05) is 0 Å². The Morgan fingerprint density at radius 2 is 1.86 bits per heavy atom. The predicted octanol–water partition coefficient (Wildman–Crippen LogP) is 5.04. The largest absolute Gasteiger partial charge is 0.0877 e. The Balaban J connectivity index is 4.26. The fraction of sp³-hybridized carbons (Fsp3) is 0.571. The van der Waals surface area contributed by atoms with Crippen LogP contribution < -0.4 is 0 Å². The summed E-state index contributed by atoms with van der Waals surface area (Å²) in [6.07, 6.45) is 13.8. The van der Waals surface area contributed by atoms with Gasteiger partial charge in [0.25, 0.3) is 0 Å². The van der Waals surface area contributed by atoms with Gasteiger partial charge < -0.3 is 0 Å². The Labute approximate surface area is 89.4 Å². The lowest BCUT2D eigenvalue weighted by Gasteiger charge is -2.06. The molecule has 0 bridgehead atoms. The normalized spacial score (nSPS) is 14.0. The number of allylic oxidation sites excluding steroid dienone is 6. The molecule has 0 rings (SSSR count). The van der Waals surface area contributed by atoms with Gasteiger partial charge >= 0.3 is 0 Å². The minimum atomic E-state index is 1.22. The van der Waals surface area contributed by atoms with Crippen LogP contribution >= 0.6 is 0 Å². The van der Waals surface area contributed by atoms with E-state index in [1.165, 1.54) is 36.8 Å². The molecule has 14 heavy (non-hydrogen) atoms. The summed E-state index contributed by atoms with van der Waals surface area (Å²) in [7, 11) is 0. The molecule has 0 aliphatic carbocycles. The molecule has 0 amide bonds. The van der Waals surface area contributed by atoms with Gasteiger partial charge in [-0.2, -0.15) is 0 Å². The topological polar surface area (TPSA) is 0 Å². The smallest absolute Gasteiger partial charge is 0.0276 e. The van der Waals surface area contributed by atoms with E-state index in [1.54, 1.807) is 0 Å². The molecule has 0 nitrogen and oxygen atoms in total. The Morgan fingerprint density at radius 1 is 1.14 bits per heavy atom. The van der Waals surface area contributed by atoms with Crippen LogP contribution in [-0.4, -0.2) is 0 Å². The van der Waals surface area contributed by atoms with Crippen molar-refractivity contribution in [1.82, 2.24) is 0 Å². The van der Waals surface area contributed by atoms with Gasteiger partial charge in [-0.05, 0) is 39.2 Å². The maximum Gasteiger partial charge on any atom is -0.0276 e. The van der Waals surface area contributed by atoms with Crippen molar-refractivity contribution in [3.8, 4) is 0 Å². The average Bonchev–Trinajstić information content (AvgIpc) is 2.22. The summed E-state index contributed by atoms with van der Waals surface area (Å²) in [5.41, 5.74) is 2.90. The van der Waals surface area contributed by atoms with E-state index in [2.05, 4.69) is 52.0 Å². The maximum atomic E-state index is 2.25. The van der Waals surface area contributed by atoms with Crippen LogP contribution in [0, 0.1) is 0 Å². The molecule has 0 aliphatic heterocycles. The zero-order valence-electron chi connectivity index (χ0n) is 10.1. The SMILES string of the molecule is C\C=C/C=C(CCCCC)\C(C)=C/C. The molecule has 0 aliphatic rings. The van der Waals surface area contributed by atoms with E-state index < -0.39 is 0 Å². The van der Waals surface area contributed by atoms with Crippen LogP contribution in [-0.2, 0) is 0 Å². The molecule has 0 radical (unpaired) electrons. The van der Waals surface area contributed by atoms with Gasteiger partial charge in [0.2, 0.25) is 0 Å². The summed E-state index contributed by atoms with van der Waals surface area (Å²) in [6.45, 7) is 8.61. The first-order chi connectivity index (χ1) is 6.76. The molecule has 0 aromatic carbocycles. The molecule has 0 aromatic heterocycles. The lowest BCUT2D eigenvalue weighted by atomic mass is 10.0. The highest BCUT2D eigenvalue weighted by Crippen LogP contribution is 2.17. The second kappa shape index (κ2) is 8.80. The van der Waals surface area contributed by atoms with Crippen LogP contribution in [0.15, 0.2) is 35.5 Å². The van der Waals surface area contributed by atoms with Crippen molar-refractivity contribution in [2.24, 2.45) is 0 Å². The third-order valence-electron chi connectivity index (χ3n) is 2.48. The van der Waals surface area contributed by atoms with E-state index in [-0.39, 0.29) is 0 Å². The monoisotopic (exact) mass is 192 g/mol. The second-order valence-electron chi connectivity index (χ2n) is 3.65. The Kier molecular flexibility index (Phi) is 8.31. The Bertz CT molecular complexity index is 216. The van der Waals surface area contributed by atoms with Crippen molar-refractivity contribution >= 4 is 0 Å². The van der Waals surface area contributed by atoms with Gasteiger partial charge in [-0.3, -0.25) is 0 Å². The number of hydrogen-bond donors (Lipinski definition) is 0. The van der Waals surface area contributed by atoms with Crippen LogP contribution in [0.3, 0.4) is 0 Å². The molecule has 0 fully saturated rings. The molecule has 0 saturated carbocycles. The predicted molar refractivity (Wildman–Crippen MR) is 66.5 cm³/mol. The molecule has 80 valence electrons. The lowest BCUT2D eigenvalue weighted by molar-refractivity contribution is 0.715. The van der Waals surface area contributed by atoms with Gasteiger partial charge in [0.15, 0.2) is 0 Å². The third-order valence-corrected chi connectivity index (χ3v) is 2.48. The quantitative estimate of drug-likeness (QED) is 0.409. The Hall–Kier alpha value is -0.780.